The maximum absolute atomic E-state index is 9.98. The average molecular weight is 457 g/mol. The second-order valence-corrected chi connectivity index (χ2v) is 7.71. The lowest BCUT2D eigenvalue weighted by molar-refractivity contribution is 0.199. The molecule has 0 unspecified atom stereocenters. The van der Waals surface area contributed by atoms with Crippen molar-refractivity contribution in [3.63, 3.8) is 0 Å². The zero-order valence-corrected chi connectivity index (χ0v) is 19.9. The number of hydrogen-bond donors (Lipinski definition) is 1. The molecule has 1 saturated heterocycles. The third-order valence-corrected chi connectivity index (χ3v) is 5.43. The number of piperazine rings is 1. The zero-order valence-electron chi connectivity index (χ0n) is 18.3. The molecule has 7 heteroatoms. The number of aromatic hydroxyl groups is 1. The van der Waals surface area contributed by atoms with E-state index in [1.54, 1.807) is 7.11 Å². The Labute approximate surface area is 192 Å². The van der Waals surface area contributed by atoms with Crippen molar-refractivity contribution in [1.29, 1.82) is 0 Å². The molecule has 1 heterocycles. The van der Waals surface area contributed by atoms with Crippen LogP contribution in [0.4, 0.5) is 5.69 Å². The Hall–Kier alpha value is -1.82. The van der Waals surface area contributed by atoms with E-state index in [9.17, 15) is 5.11 Å². The number of nitrogens with zero attached hydrogens (tertiary/aromatic N) is 2. The summed E-state index contributed by atoms with van der Waals surface area (Å²) in [6, 6.07) is 12.1. The van der Waals surface area contributed by atoms with Gasteiger partial charge in [-0.2, -0.15) is 0 Å². The number of methoxy groups -OCH3 is 1. The van der Waals surface area contributed by atoms with Crippen molar-refractivity contribution >= 4 is 30.5 Å². The Morgan fingerprint density at radius 1 is 1.00 bits per heavy atom. The Balaban J connectivity index is 0.00000225. The number of phenolic OH excluding ortho intramolecular Hbond substituents is 1. The van der Waals surface area contributed by atoms with E-state index in [-0.39, 0.29) is 24.8 Å². The normalized spacial score (nSPS) is 14.1. The summed E-state index contributed by atoms with van der Waals surface area (Å²) in [4.78, 5) is 4.86. The Morgan fingerprint density at radius 2 is 1.63 bits per heavy atom. The van der Waals surface area contributed by atoms with Gasteiger partial charge in [-0.3, -0.25) is 4.90 Å². The van der Waals surface area contributed by atoms with Gasteiger partial charge in [0.15, 0.2) is 0 Å². The van der Waals surface area contributed by atoms with Crippen molar-refractivity contribution in [2.45, 2.75) is 26.7 Å². The van der Waals surface area contributed by atoms with E-state index in [1.807, 2.05) is 31.2 Å². The first-order valence-corrected chi connectivity index (χ1v) is 10.1. The van der Waals surface area contributed by atoms with Gasteiger partial charge in [-0.15, -0.1) is 24.8 Å². The smallest absolute Gasteiger partial charge is 0.123 e. The summed E-state index contributed by atoms with van der Waals surface area (Å²) in [5.41, 5.74) is 3.16. The molecular weight excluding hydrogens is 423 g/mol. The van der Waals surface area contributed by atoms with Crippen LogP contribution in [0.5, 0.6) is 17.2 Å². The first kappa shape index (κ1) is 26.2. The molecule has 3 rings (SSSR count). The van der Waals surface area contributed by atoms with Gasteiger partial charge >= 0.3 is 0 Å². The van der Waals surface area contributed by atoms with Crippen molar-refractivity contribution in [3.05, 3.63) is 47.5 Å². The molecule has 0 atom stereocenters. The van der Waals surface area contributed by atoms with Crippen LogP contribution >= 0.6 is 24.8 Å². The number of hydrogen-bond acceptors (Lipinski definition) is 5. The van der Waals surface area contributed by atoms with Crippen molar-refractivity contribution in [3.8, 4) is 17.2 Å². The quantitative estimate of drug-likeness (QED) is 0.642. The molecule has 2 aromatic carbocycles. The third kappa shape index (κ3) is 6.59. The molecule has 0 radical (unpaired) electrons. The molecule has 0 aliphatic carbocycles. The van der Waals surface area contributed by atoms with Crippen molar-refractivity contribution in [2.24, 2.45) is 0 Å². The van der Waals surface area contributed by atoms with Crippen molar-refractivity contribution in [2.75, 3.05) is 51.3 Å². The summed E-state index contributed by atoms with van der Waals surface area (Å²) in [6.07, 6.45) is 0. The van der Waals surface area contributed by atoms with Crippen LogP contribution in [-0.2, 0) is 0 Å². The van der Waals surface area contributed by atoms with Gasteiger partial charge in [0.25, 0.3) is 0 Å². The van der Waals surface area contributed by atoms with Crippen LogP contribution in [0.2, 0.25) is 0 Å². The highest BCUT2D eigenvalue weighted by molar-refractivity contribution is 5.85. The van der Waals surface area contributed by atoms with Gasteiger partial charge in [0.05, 0.1) is 7.11 Å². The molecule has 0 bridgehead atoms. The van der Waals surface area contributed by atoms with Crippen LogP contribution in [0.15, 0.2) is 36.4 Å². The summed E-state index contributed by atoms with van der Waals surface area (Å²) in [7, 11) is 1.69. The lowest BCUT2D eigenvalue weighted by Gasteiger charge is -2.36. The lowest BCUT2D eigenvalue weighted by Crippen LogP contribution is -2.47. The van der Waals surface area contributed by atoms with Crippen LogP contribution < -0.4 is 14.4 Å². The molecule has 1 N–H and O–H groups in total. The summed E-state index contributed by atoms with van der Waals surface area (Å²) < 4.78 is 11.3. The number of ether oxygens (including phenoxy) is 2. The third-order valence-electron chi connectivity index (χ3n) is 5.43. The Kier molecular flexibility index (Phi) is 10.6. The number of rotatable bonds is 7. The second-order valence-electron chi connectivity index (χ2n) is 7.71. The topological polar surface area (TPSA) is 45.2 Å². The first-order valence-electron chi connectivity index (χ1n) is 10.1. The summed E-state index contributed by atoms with van der Waals surface area (Å²) in [5, 5.41) is 9.98. The molecule has 1 aliphatic heterocycles. The molecule has 0 saturated carbocycles. The minimum atomic E-state index is 0. The van der Waals surface area contributed by atoms with Crippen LogP contribution in [0.25, 0.3) is 0 Å². The highest BCUT2D eigenvalue weighted by Crippen LogP contribution is 2.32. The molecule has 168 valence electrons. The van der Waals surface area contributed by atoms with E-state index in [0.717, 1.165) is 55.3 Å². The number of benzene rings is 2. The van der Waals surface area contributed by atoms with Gasteiger partial charge in [0.2, 0.25) is 0 Å². The fraction of sp³-hybridized carbons (Fsp3) is 0.478. The maximum atomic E-state index is 9.98. The first-order chi connectivity index (χ1) is 13.5. The van der Waals surface area contributed by atoms with Gasteiger partial charge in [-0.05, 0) is 54.8 Å². The maximum Gasteiger partial charge on any atom is 0.123 e. The monoisotopic (exact) mass is 456 g/mol. The fourth-order valence-electron chi connectivity index (χ4n) is 3.57. The average Bonchev–Trinajstić information content (AvgIpc) is 2.71. The zero-order chi connectivity index (χ0) is 20.1. The van der Waals surface area contributed by atoms with Gasteiger partial charge in [-0.25, -0.2) is 0 Å². The Bertz CT molecular complexity index is 777. The van der Waals surface area contributed by atoms with Crippen LogP contribution in [0.3, 0.4) is 0 Å². The highest BCUT2D eigenvalue weighted by atomic mass is 35.5. The fourth-order valence-corrected chi connectivity index (χ4v) is 3.57. The molecule has 0 spiro atoms. The van der Waals surface area contributed by atoms with E-state index >= 15 is 0 Å². The molecule has 0 aromatic heterocycles. The largest absolute Gasteiger partial charge is 0.508 e. The summed E-state index contributed by atoms with van der Waals surface area (Å²) in [6.45, 7) is 11.8. The predicted octanol–water partition coefficient (Wildman–Crippen LogP) is 4.88. The van der Waals surface area contributed by atoms with Gasteiger partial charge in [-0.1, -0.05) is 13.8 Å². The van der Waals surface area contributed by atoms with E-state index in [4.69, 9.17) is 9.47 Å². The minimum Gasteiger partial charge on any atom is -0.508 e. The minimum absolute atomic E-state index is 0. The van der Waals surface area contributed by atoms with E-state index in [0.29, 0.717) is 18.3 Å². The second kappa shape index (κ2) is 12.1. The summed E-state index contributed by atoms with van der Waals surface area (Å²) in [5.74, 6) is 2.44. The SMILES string of the molecule is COc1ccc(N2CCN(CCOc3cc(C)c(O)cc3C(C)C)CC2)cc1.Cl.Cl. The molecule has 5 nitrogen and oxygen atoms in total. The number of anilines is 1. The Morgan fingerprint density at radius 3 is 2.20 bits per heavy atom. The van der Waals surface area contributed by atoms with Gasteiger partial charge in [0.1, 0.15) is 23.9 Å². The summed E-state index contributed by atoms with van der Waals surface area (Å²) >= 11 is 0. The standard InChI is InChI=1S/C23H32N2O3.2ClH/c1-17(2)21-16-22(26)18(3)15-23(21)28-14-13-24-9-11-25(12-10-24)19-5-7-20(27-4)8-6-19;;/h5-8,15-17,26H,9-14H2,1-4H3;2*1H. The molecule has 1 aliphatic rings. The van der Waals surface area contributed by atoms with Gasteiger partial charge < -0.3 is 19.5 Å². The van der Waals surface area contributed by atoms with Crippen LogP contribution in [0.1, 0.15) is 30.9 Å². The lowest BCUT2D eigenvalue weighted by atomic mass is 10.00. The predicted molar refractivity (Wildman–Crippen MR) is 129 cm³/mol. The van der Waals surface area contributed by atoms with Crippen molar-refractivity contribution < 1.29 is 14.6 Å². The highest BCUT2D eigenvalue weighted by Gasteiger charge is 2.18. The van der Waals surface area contributed by atoms with Gasteiger partial charge in [0, 0.05) is 44.0 Å². The van der Waals surface area contributed by atoms with Crippen LogP contribution in [-0.4, -0.2) is 56.4 Å². The van der Waals surface area contributed by atoms with E-state index in [1.165, 1.54) is 5.69 Å². The molecule has 30 heavy (non-hydrogen) atoms. The van der Waals surface area contributed by atoms with E-state index < -0.39 is 0 Å². The molecule has 0 amide bonds. The van der Waals surface area contributed by atoms with Crippen LogP contribution in [0, 0.1) is 6.92 Å². The van der Waals surface area contributed by atoms with Crippen molar-refractivity contribution in [1.82, 2.24) is 4.90 Å². The van der Waals surface area contributed by atoms with E-state index in [2.05, 4.69) is 35.8 Å². The molecule has 2 aromatic rings. The molecule has 1 fully saturated rings. The molecular formula is C23H34Cl2N2O3. The number of phenols is 1. The number of halogens is 2. The number of aryl methyl sites for hydroxylation is 1.